The molecule has 4 rings (SSSR count). The molecule has 0 aliphatic rings. The third-order valence-electron chi connectivity index (χ3n) is 4.43. The molecule has 1 aromatic heterocycles. The molecular weight excluding hydrogens is 282 g/mol. The quantitative estimate of drug-likeness (QED) is 0.560. The summed E-state index contributed by atoms with van der Waals surface area (Å²) in [4.78, 5) is 7.01. The molecule has 0 amide bonds. The molecule has 0 atom stereocenters. The summed E-state index contributed by atoms with van der Waals surface area (Å²) in [5.74, 6) is 1.07. The van der Waals surface area contributed by atoms with Crippen LogP contribution in [0.4, 0.5) is 5.69 Å². The van der Waals surface area contributed by atoms with Gasteiger partial charge in [0.1, 0.15) is 5.82 Å². The van der Waals surface area contributed by atoms with Crippen LogP contribution in [0.1, 0.15) is 5.82 Å². The van der Waals surface area contributed by atoms with Crippen molar-refractivity contribution in [2.45, 2.75) is 6.54 Å². The lowest BCUT2D eigenvalue weighted by Crippen LogP contribution is -2.18. The molecular formula is C20H19N3. The fourth-order valence-corrected chi connectivity index (χ4v) is 3.05. The summed E-state index contributed by atoms with van der Waals surface area (Å²) in [7, 11) is 4.20. The number of benzene rings is 3. The molecule has 0 aliphatic heterocycles. The first kappa shape index (κ1) is 13.8. The van der Waals surface area contributed by atoms with Gasteiger partial charge in [0, 0.05) is 19.8 Å². The first-order valence-electron chi connectivity index (χ1n) is 7.82. The summed E-state index contributed by atoms with van der Waals surface area (Å²) in [6, 6.07) is 23.3. The minimum atomic E-state index is 0.781. The molecule has 3 nitrogen and oxygen atoms in total. The van der Waals surface area contributed by atoms with Crippen LogP contribution in [0, 0.1) is 0 Å². The number of aryl methyl sites for hydroxylation is 1. The second kappa shape index (κ2) is 5.43. The highest BCUT2D eigenvalue weighted by Crippen LogP contribution is 2.23. The Bertz CT molecular complexity index is 984. The molecule has 0 saturated heterocycles. The molecule has 3 heteroatoms. The van der Waals surface area contributed by atoms with Crippen LogP contribution in [-0.2, 0) is 13.6 Å². The zero-order valence-electron chi connectivity index (χ0n) is 13.4. The van der Waals surface area contributed by atoms with Gasteiger partial charge in [0.2, 0.25) is 0 Å². The van der Waals surface area contributed by atoms with Crippen LogP contribution in [-0.4, -0.2) is 16.6 Å². The van der Waals surface area contributed by atoms with Crippen LogP contribution in [0.5, 0.6) is 0 Å². The summed E-state index contributed by atoms with van der Waals surface area (Å²) < 4.78 is 2.17. The summed E-state index contributed by atoms with van der Waals surface area (Å²) in [5, 5.41) is 2.54. The van der Waals surface area contributed by atoms with E-state index in [4.69, 9.17) is 4.98 Å². The summed E-state index contributed by atoms with van der Waals surface area (Å²) >= 11 is 0. The van der Waals surface area contributed by atoms with Gasteiger partial charge in [-0.25, -0.2) is 4.98 Å². The van der Waals surface area contributed by atoms with Gasteiger partial charge in [-0.15, -0.1) is 0 Å². The van der Waals surface area contributed by atoms with E-state index in [-0.39, 0.29) is 0 Å². The van der Waals surface area contributed by atoms with Crippen LogP contribution >= 0.6 is 0 Å². The predicted molar refractivity (Wildman–Crippen MR) is 96.8 cm³/mol. The normalized spacial score (nSPS) is 11.2. The van der Waals surface area contributed by atoms with Crippen LogP contribution < -0.4 is 4.90 Å². The number of fused-ring (bicyclic) bond motifs is 2. The Morgan fingerprint density at radius 2 is 1.65 bits per heavy atom. The molecule has 0 radical (unpaired) electrons. The first-order chi connectivity index (χ1) is 11.2. The van der Waals surface area contributed by atoms with Crippen molar-refractivity contribution in [2.75, 3.05) is 11.9 Å². The summed E-state index contributed by atoms with van der Waals surface area (Å²) in [6.45, 7) is 0.781. The molecule has 4 aromatic rings. The molecule has 23 heavy (non-hydrogen) atoms. The topological polar surface area (TPSA) is 21.1 Å². The van der Waals surface area contributed by atoms with Crippen molar-refractivity contribution in [3.63, 3.8) is 0 Å². The second-order valence-corrected chi connectivity index (χ2v) is 5.96. The maximum Gasteiger partial charge on any atom is 0.129 e. The molecule has 1 heterocycles. The number of hydrogen-bond donors (Lipinski definition) is 0. The SMILES string of the molecule is CN(Cc1nc2ccccc2n1C)c1ccc2ccccc2c1. The zero-order valence-corrected chi connectivity index (χ0v) is 13.4. The Labute approximate surface area is 135 Å². The van der Waals surface area contributed by atoms with E-state index in [9.17, 15) is 0 Å². The van der Waals surface area contributed by atoms with Crippen molar-refractivity contribution in [3.05, 3.63) is 72.6 Å². The van der Waals surface area contributed by atoms with E-state index in [1.54, 1.807) is 0 Å². The standard InChI is InChI=1S/C20H19N3/c1-22(17-12-11-15-7-3-4-8-16(15)13-17)14-20-21-18-9-5-6-10-19(18)23(20)2/h3-13H,14H2,1-2H3. The first-order valence-corrected chi connectivity index (χ1v) is 7.82. The van der Waals surface area contributed by atoms with Gasteiger partial charge in [-0.05, 0) is 35.0 Å². The van der Waals surface area contributed by atoms with Gasteiger partial charge >= 0.3 is 0 Å². The van der Waals surface area contributed by atoms with Gasteiger partial charge in [0.05, 0.1) is 17.6 Å². The molecule has 0 saturated carbocycles. The van der Waals surface area contributed by atoms with E-state index in [1.165, 1.54) is 22.0 Å². The summed E-state index contributed by atoms with van der Waals surface area (Å²) in [5.41, 5.74) is 3.43. The van der Waals surface area contributed by atoms with Gasteiger partial charge in [0.25, 0.3) is 0 Å². The van der Waals surface area contributed by atoms with E-state index in [0.717, 1.165) is 17.9 Å². The molecule has 0 unspecified atom stereocenters. The Morgan fingerprint density at radius 1 is 0.913 bits per heavy atom. The molecule has 0 spiro atoms. The highest BCUT2D eigenvalue weighted by molar-refractivity contribution is 5.85. The van der Waals surface area contributed by atoms with E-state index in [1.807, 2.05) is 6.07 Å². The van der Waals surface area contributed by atoms with Gasteiger partial charge in [-0.3, -0.25) is 0 Å². The number of rotatable bonds is 3. The van der Waals surface area contributed by atoms with Crippen LogP contribution in [0.15, 0.2) is 66.7 Å². The van der Waals surface area contributed by atoms with Crippen molar-refractivity contribution < 1.29 is 0 Å². The fraction of sp³-hybridized carbons (Fsp3) is 0.150. The Balaban J connectivity index is 1.67. The second-order valence-electron chi connectivity index (χ2n) is 5.96. The van der Waals surface area contributed by atoms with Crippen molar-refractivity contribution >= 4 is 27.5 Å². The molecule has 114 valence electrons. The highest BCUT2D eigenvalue weighted by atomic mass is 15.2. The van der Waals surface area contributed by atoms with Gasteiger partial charge in [-0.1, -0.05) is 42.5 Å². The average Bonchev–Trinajstić information content (AvgIpc) is 2.91. The number of imidazole rings is 1. The van der Waals surface area contributed by atoms with Gasteiger partial charge < -0.3 is 9.47 Å². The maximum atomic E-state index is 4.76. The highest BCUT2D eigenvalue weighted by Gasteiger charge is 2.10. The van der Waals surface area contributed by atoms with Crippen molar-refractivity contribution in [1.82, 2.24) is 9.55 Å². The van der Waals surface area contributed by atoms with E-state index in [0.29, 0.717) is 0 Å². The monoisotopic (exact) mass is 301 g/mol. The predicted octanol–water partition coefficient (Wildman–Crippen LogP) is 4.36. The molecule has 0 fully saturated rings. The molecule has 0 aliphatic carbocycles. The number of anilines is 1. The molecule has 3 aromatic carbocycles. The number of hydrogen-bond acceptors (Lipinski definition) is 2. The zero-order chi connectivity index (χ0) is 15.8. The summed E-state index contributed by atoms with van der Waals surface area (Å²) in [6.07, 6.45) is 0. The smallest absolute Gasteiger partial charge is 0.129 e. The third kappa shape index (κ3) is 2.44. The van der Waals surface area contributed by atoms with Gasteiger partial charge in [0.15, 0.2) is 0 Å². The Hall–Kier alpha value is -2.81. The van der Waals surface area contributed by atoms with Gasteiger partial charge in [-0.2, -0.15) is 0 Å². The van der Waals surface area contributed by atoms with Crippen LogP contribution in [0.3, 0.4) is 0 Å². The number of para-hydroxylation sites is 2. The number of nitrogens with zero attached hydrogens (tertiary/aromatic N) is 3. The van der Waals surface area contributed by atoms with E-state index >= 15 is 0 Å². The van der Waals surface area contributed by atoms with Crippen LogP contribution in [0.25, 0.3) is 21.8 Å². The molecule has 0 N–H and O–H groups in total. The lowest BCUT2D eigenvalue weighted by molar-refractivity contribution is 0.776. The van der Waals surface area contributed by atoms with Crippen LogP contribution in [0.2, 0.25) is 0 Å². The average molecular weight is 301 g/mol. The lowest BCUT2D eigenvalue weighted by Gasteiger charge is -2.19. The minimum absolute atomic E-state index is 0.781. The lowest BCUT2D eigenvalue weighted by atomic mass is 10.1. The fourth-order valence-electron chi connectivity index (χ4n) is 3.05. The van der Waals surface area contributed by atoms with Crippen molar-refractivity contribution in [3.8, 4) is 0 Å². The largest absolute Gasteiger partial charge is 0.367 e. The van der Waals surface area contributed by atoms with Crippen molar-refractivity contribution in [1.29, 1.82) is 0 Å². The number of aromatic nitrogens is 2. The minimum Gasteiger partial charge on any atom is -0.367 e. The van der Waals surface area contributed by atoms with E-state index < -0.39 is 0 Å². The third-order valence-corrected chi connectivity index (χ3v) is 4.43. The van der Waals surface area contributed by atoms with Crippen molar-refractivity contribution in [2.24, 2.45) is 7.05 Å². The molecule has 0 bridgehead atoms. The maximum absolute atomic E-state index is 4.76. The Morgan fingerprint density at radius 3 is 2.48 bits per heavy atom. The van der Waals surface area contributed by atoms with E-state index in [2.05, 4.69) is 84.2 Å². The Kier molecular flexibility index (Phi) is 3.27.